The van der Waals surface area contributed by atoms with Gasteiger partial charge in [0.1, 0.15) is 18.4 Å². The molecule has 0 saturated carbocycles. The van der Waals surface area contributed by atoms with Crippen LogP contribution in [0.25, 0.3) is 0 Å². The van der Waals surface area contributed by atoms with Gasteiger partial charge in [-0.3, -0.25) is 14.3 Å². The summed E-state index contributed by atoms with van der Waals surface area (Å²) in [4.78, 5) is 29.9. The van der Waals surface area contributed by atoms with E-state index in [0.717, 1.165) is 11.1 Å². The Morgan fingerprint density at radius 3 is 2.71 bits per heavy atom. The van der Waals surface area contributed by atoms with E-state index in [0.29, 0.717) is 36.6 Å². The number of fused-ring (bicyclic) bond motifs is 2. The number of benzene rings is 2. The lowest BCUT2D eigenvalue weighted by Crippen LogP contribution is -2.54. The molecule has 34 heavy (non-hydrogen) atoms. The summed E-state index contributed by atoms with van der Waals surface area (Å²) in [5, 5.41) is 4.48. The molecule has 0 N–H and O–H groups in total. The second-order valence-electron chi connectivity index (χ2n) is 8.56. The van der Waals surface area contributed by atoms with Gasteiger partial charge in [-0.25, -0.2) is 8.42 Å². The summed E-state index contributed by atoms with van der Waals surface area (Å²) in [7, 11) is -1.64. The number of rotatable bonds is 4. The molecular formula is C24H24N4O5S. The van der Waals surface area contributed by atoms with Gasteiger partial charge in [0.15, 0.2) is 15.5 Å². The Labute approximate surface area is 197 Å². The van der Waals surface area contributed by atoms with Crippen molar-refractivity contribution in [3.05, 3.63) is 71.5 Å². The van der Waals surface area contributed by atoms with Crippen LogP contribution in [-0.2, 0) is 27.6 Å². The number of likely N-dealkylation sites (N-methyl/N-ethyl adjacent to an activating group) is 1. The van der Waals surface area contributed by atoms with Gasteiger partial charge in [0.05, 0.1) is 17.1 Å². The van der Waals surface area contributed by atoms with Gasteiger partial charge in [-0.1, -0.05) is 24.3 Å². The van der Waals surface area contributed by atoms with E-state index >= 15 is 0 Å². The number of amides is 2. The van der Waals surface area contributed by atoms with Crippen molar-refractivity contribution in [2.75, 3.05) is 31.4 Å². The Morgan fingerprint density at radius 2 is 1.91 bits per heavy atom. The maximum Gasteiger partial charge on any atom is 0.275 e. The summed E-state index contributed by atoms with van der Waals surface area (Å²) in [6.45, 7) is 0.776. The lowest BCUT2D eigenvalue weighted by Gasteiger charge is -2.33. The number of aromatic nitrogens is 2. The van der Waals surface area contributed by atoms with Crippen molar-refractivity contribution in [2.45, 2.75) is 23.9 Å². The number of hydrogen-bond acceptors (Lipinski definition) is 6. The highest BCUT2D eigenvalue weighted by molar-refractivity contribution is 7.90. The molecule has 1 atom stereocenters. The predicted octanol–water partition coefficient (Wildman–Crippen LogP) is 1.76. The van der Waals surface area contributed by atoms with Crippen molar-refractivity contribution in [3.8, 4) is 5.75 Å². The van der Waals surface area contributed by atoms with Gasteiger partial charge in [0.25, 0.3) is 11.8 Å². The first-order chi connectivity index (χ1) is 16.2. The Balaban J connectivity index is 1.38. The van der Waals surface area contributed by atoms with Crippen LogP contribution in [0.15, 0.2) is 59.6 Å². The number of hydrogen-bond donors (Lipinski definition) is 0. The van der Waals surface area contributed by atoms with E-state index in [9.17, 15) is 18.0 Å². The Morgan fingerprint density at radius 1 is 1.12 bits per heavy atom. The van der Waals surface area contributed by atoms with Gasteiger partial charge in [0, 0.05) is 31.6 Å². The number of sulfone groups is 1. The molecule has 0 fully saturated rings. The number of para-hydroxylation sites is 2. The zero-order valence-corrected chi connectivity index (χ0v) is 19.7. The minimum Gasteiger partial charge on any atom is -0.489 e. The number of carbonyl (C=O) groups is 2. The predicted molar refractivity (Wildman–Crippen MR) is 125 cm³/mol. The SMILES string of the molecule is CN1C(=O)[C@@H](N2CCc3cn(Cc4cccc(S(C)(=O)=O)c4)nc3C2=O)COc2ccccc21. The first-order valence-corrected chi connectivity index (χ1v) is 12.8. The van der Waals surface area contributed by atoms with Crippen LogP contribution in [0.2, 0.25) is 0 Å². The monoisotopic (exact) mass is 480 g/mol. The Hall–Kier alpha value is -3.66. The van der Waals surface area contributed by atoms with Crippen molar-refractivity contribution >= 4 is 27.3 Å². The van der Waals surface area contributed by atoms with E-state index in [2.05, 4.69) is 5.10 Å². The van der Waals surface area contributed by atoms with Crippen LogP contribution in [0.1, 0.15) is 21.6 Å². The quantitative estimate of drug-likeness (QED) is 0.564. The lowest BCUT2D eigenvalue weighted by molar-refractivity contribution is -0.123. The Kier molecular flexibility index (Phi) is 5.40. The standard InChI is InChI=1S/C24H24N4O5S/c1-26-19-8-3-4-9-21(19)33-15-20(23(26)29)28-11-10-17-14-27(25-22(17)24(28)30)13-16-6-5-7-18(12-16)34(2,31)32/h3-9,12,14,20H,10-11,13,15H2,1-2H3/t20-/m0/s1. The van der Waals surface area contributed by atoms with E-state index in [4.69, 9.17) is 4.74 Å². The summed E-state index contributed by atoms with van der Waals surface area (Å²) in [5.74, 6) is 0.0802. The molecule has 0 radical (unpaired) electrons. The largest absolute Gasteiger partial charge is 0.489 e. The normalized spacial score (nSPS) is 18.2. The first-order valence-electron chi connectivity index (χ1n) is 10.9. The van der Waals surface area contributed by atoms with Gasteiger partial charge in [-0.05, 0) is 36.2 Å². The van der Waals surface area contributed by atoms with Gasteiger partial charge in [-0.15, -0.1) is 0 Å². The van der Waals surface area contributed by atoms with Crippen LogP contribution >= 0.6 is 0 Å². The second-order valence-corrected chi connectivity index (χ2v) is 10.6. The fourth-order valence-corrected chi connectivity index (χ4v) is 5.10. The van der Waals surface area contributed by atoms with E-state index in [-0.39, 0.29) is 23.3 Å². The van der Waals surface area contributed by atoms with Crippen molar-refractivity contribution in [3.63, 3.8) is 0 Å². The number of anilines is 1. The van der Waals surface area contributed by atoms with Gasteiger partial charge < -0.3 is 14.5 Å². The minimum atomic E-state index is -3.32. The topological polar surface area (TPSA) is 102 Å². The summed E-state index contributed by atoms with van der Waals surface area (Å²) < 4.78 is 31.2. The smallest absolute Gasteiger partial charge is 0.275 e. The molecule has 2 aromatic carbocycles. The van der Waals surface area contributed by atoms with Crippen molar-refractivity contribution in [1.82, 2.24) is 14.7 Å². The van der Waals surface area contributed by atoms with Gasteiger partial charge in [0.2, 0.25) is 0 Å². The van der Waals surface area contributed by atoms with Crippen LogP contribution in [0, 0.1) is 0 Å². The molecule has 176 valence electrons. The third kappa shape index (κ3) is 3.94. The molecule has 0 saturated heterocycles. The molecule has 2 amide bonds. The maximum atomic E-state index is 13.3. The molecule has 0 aliphatic carbocycles. The molecule has 0 bridgehead atoms. The third-order valence-corrected chi connectivity index (χ3v) is 7.32. The summed E-state index contributed by atoms with van der Waals surface area (Å²) in [6, 6.07) is 13.2. The second kappa shape index (κ2) is 8.28. The molecule has 3 aromatic rings. The van der Waals surface area contributed by atoms with Crippen LogP contribution in [-0.4, -0.2) is 67.4 Å². The lowest BCUT2D eigenvalue weighted by atomic mass is 10.0. The zero-order valence-electron chi connectivity index (χ0n) is 18.8. The highest BCUT2D eigenvalue weighted by Crippen LogP contribution is 2.32. The van der Waals surface area contributed by atoms with Crippen LogP contribution in [0.3, 0.4) is 0 Å². The van der Waals surface area contributed by atoms with Crippen LogP contribution < -0.4 is 9.64 Å². The van der Waals surface area contributed by atoms with Gasteiger partial charge in [-0.2, -0.15) is 5.10 Å². The number of ether oxygens (including phenoxy) is 1. The summed E-state index contributed by atoms with van der Waals surface area (Å²) >= 11 is 0. The molecule has 0 spiro atoms. The number of carbonyl (C=O) groups excluding carboxylic acids is 2. The molecular weight excluding hydrogens is 456 g/mol. The molecule has 2 aliphatic heterocycles. The van der Waals surface area contributed by atoms with E-state index in [1.165, 1.54) is 16.1 Å². The summed E-state index contributed by atoms with van der Waals surface area (Å²) in [5.41, 5.74) is 2.54. The molecule has 2 aliphatic rings. The first kappa shape index (κ1) is 22.1. The average molecular weight is 481 g/mol. The summed E-state index contributed by atoms with van der Waals surface area (Å²) in [6.07, 6.45) is 3.54. The van der Waals surface area contributed by atoms with Crippen molar-refractivity contribution < 1.29 is 22.7 Å². The van der Waals surface area contributed by atoms with Crippen molar-refractivity contribution in [1.29, 1.82) is 0 Å². The molecule has 3 heterocycles. The fourth-order valence-electron chi connectivity index (χ4n) is 4.41. The minimum absolute atomic E-state index is 0.0697. The highest BCUT2D eigenvalue weighted by atomic mass is 32.2. The molecule has 1 aromatic heterocycles. The fraction of sp³-hybridized carbons (Fsp3) is 0.292. The van der Waals surface area contributed by atoms with Crippen LogP contribution in [0.5, 0.6) is 5.75 Å². The molecule has 0 unspecified atom stereocenters. The van der Waals surface area contributed by atoms with E-state index < -0.39 is 15.9 Å². The Bertz CT molecular complexity index is 1400. The molecule has 10 heteroatoms. The molecule has 5 rings (SSSR count). The highest BCUT2D eigenvalue weighted by Gasteiger charge is 2.39. The van der Waals surface area contributed by atoms with E-state index in [1.54, 1.807) is 36.0 Å². The average Bonchev–Trinajstić information content (AvgIpc) is 3.18. The van der Waals surface area contributed by atoms with E-state index in [1.807, 2.05) is 30.5 Å². The van der Waals surface area contributed by atoms with Crippen LogP contribution in [0.4, 0.5) is 5.69 Å². The van der Waals surface area contributed by atoms with Crippen molar-refractivity contribution in [2.24, 2.45) is 0 Å². The van der Waals surface area contributed by atoms with Gasteiger partial charge >= 0.3 is 0 Å². The zero-order chi connectivity index (χ0) is 24.0. The third-order valence-electron chi connectivity index (χ3n) is 6.21. The number of nitrogens with zero attached hydrogens (tertiary/aromatic N) is 4. The maximum absolute atomic E-state index is 13.3. The molecule has 9 nitrogen and oxygen atoms in total.